The molecule has 3 N–H and O–H groups in total. The molecule has 11 heteroatoms. The average Bonchev–Trinajstić information content (AvgIpc) is 3.56. The van der Waals surface area contributed by atoms with Gasteiger partial charge in [-0.1, -0.05) is 31.8 Å². The van der Waals surface area contributed by atoms with Crippen molar-refractivity contribution in [3.63, 3.8) is 0 Å². The minimum Gasteiger partial charge on any atom is -0.394 e. The Morgan fingerprint density at radius 3 is 2.65 bits per heavy atom. The summed E-state index contributed by atoms with van der Waals surface area (Å²) in [6, 6.07) is 7.71. The van der Waals surface area contributed by atoms with Crippen LogP contribution < -0.4 is 10.2 Å². The second kappa shape index (κ2) is 11.6. The van der Waals surface area contributed by atoms with Crippen molar-refractivity contribution in [1.29, 1.82) is 0 Å². The number of aromatic nitrogens is 3. The SMILES string of the molecule is C[Si](C)(C)CCOCn1ccc2c(N3CCC(C(=O)N[C@@H](CO)[C@H](O)c4ccc(F)cc4)C4(CC4)C3)ncnc21. The number of carbonyl (C=O) groups is 1. The first-order valence-electron chi connectivity index (χ1n) is 14.1. The zero-order valence-electron chi connectivity index (χ0n) is 23.5. The summed E-state index contributed by atoms with van der Waals surface area (Å²) in [6.45, 7) is 9.14. The van der Waals surface area contributed by atoms with E-state index in [1.807, 2.05) is 16.8 Å². The Balaban J connectivity index is 1.24. The highest BCUT2D eigenvalue weighted by Gasteiger charge is 2.55. The van der Waals surface area contributed by atoms with Crippen molar-refractivity contribution in [2.24, 2.45) is 11.3 Å². The van der Waals surface area contributed by atoms with E-state index in [1.165, 1.54) is 24.3 Å². The van der Waals surface area contributed by atoms with E-state index in [9.17, 15) is 19.4 Å². The number of aliphatic hydroxyl groups is 2. The van der Waals surface area contributed by atoms with Gasteiger partial charge in [0.2, 0.25) is 5.91 Å². The van der Waals surface area contributed by atoms with Gasteiger partial charge in [-0.05, 0) is 54.5 Å². The van der Waals surface area contributed by atoms with Gasteiger partial charge in [-0.25, -0.2) is 14.4 Å². The number of benzene rings is 1. The molecule has 1 spiro atoms. The summed E-state index contributed by atoms with van der Waals surface area (Å²) in [5, 5.41) is 24.5. The van der Waals surface area contributed by atoms with Crippen LogP contribution in [-0.2, 0) is 16.3 Å². The summed E-state index contributed by atoms with van der Waals surface area (Å²) in [5.74, 6) is 0.0777. The number of nitrogens with one attached hydrogen (secondary N) is 1. The van der Waals surface area contributed by atoms with Crippen molar-refractivity contribution in [3.8, 4) is 0 Å². The summed E-state index contributed by atoms with van der Waals surface area (Å²) in [7, 11) is -1.15. The van der Waals surface area contributed by atoms with Gasteiger partial charge < -0.3 is 29.7 Å². The van der Waals surface area contributed by atoms with Crippen LogP contribution in [0.3, 0.4) is 0 Å². The van der Waals surface area contributed by atoms with Crippen molar-refractivity contribution in [2.45, 2.75) is 63.8 Å². The highest BCUT2D eigenvalue weighted by atomic mass is 28.3. The topological polar surface area (TPSA) is 113 Å². The van der Waals surface area contributed by atoms with E-state index in [4.69, 9.17) is 4.74 Å². The molecule has 1 amide bonds. The van der Waals surface area contributed by atoms with Gasteiger partial charge in [-0.2, -0.15) is 0 Å². The van der Waals surface area contributed by atoms with Gasteiger partial charge >= 0.3 is 0 Å². The molecule has 3 heterocycles. The molecule has 40 heavy (non-hydrogen) atoms. The summed E-state index contributed by atoms with van der Waals surface area (Å²) in [6.07, 6.45) is 4.96. The first kappa shape index (κ1) is 28.7. The van der Waals surface area contributed by atoms with Crippen LogP contribution in [0.25, 0.3) is 11.0 Å². The maximum Gasteiger partial charge on any atom is 0.224 e. The third kappa shape index (κ3) is 6.22. The van der Waals surface area contributed by atoms with E-state index in [2.05, 4.69) is 39.8 Å². The number of fused-ring (bicyclic) bond motifs is 1. The summed E-state index contributed by atoms with van der Waals surface area (Å²) in [5.41, 5.74) is 1.12. The number of carbonyl (C=O) groups excluding carboxylic acids is 1. The molecule has 3 atom stereocenters. The zero-order chi connectivity index (χ0) is 28.5. The molecule has 1 saturated carbocycles. The minimum absolute atomic E-state index is 0.160. The number of hydrogen-bond acceptors (Lipinski definition) is 7. The van der Waals surface area contributed by atoms with Crippen LogP contribution in [0.1, 0.15) is 30.9 Å². The Labute approximate surface area is 235 Å². The van der Waals surface area contributed by atoms with Crippen molar-refractivity contribution in [1.82, 2.24) is 19.9 Å². The van der Waals surface area contributed by atoms with E-state index >= 15 is 0 Å². The maximum absolute atomic E-state index is 13.4. The predicted molar refractivity (Wildman–Crippen MR) is 154 cm³/mol. The number of amides is 1. The van der Waals surface area contributed by atoms with Crippen LogP contribution in [-0.4, -0.2) is 71.1 Å². The molecule has 3 aromatic rings. The van der Waals surface area contributed by atoms with Crippen molar-refractivity contribution < 1.29 is 24.1 Å². The lowest BCUT2D eigenvalue weighted by molar-refractivity contribution is -0.130. The number of piperidine rings is 1. The predicted octanol–water partition coefficient (Wildman–Crippen LogP) is 3.70. The number of ether oxygens (including phenoxy) is 1. The summed E-state index contributed by atoms with van der Waals surface area (Å²) >= 11 is 0. The van der Waals surface area contributed by atoms with Crippen LogP contribution in [0, 0.1) is 17.2 Å². The average molecular weight is 570 g/mol. The van der Waals surface area contributed by atoms with Gasteiger partial charge in [0.05, 0.1) is 18.0 Å². The Kier molecular flexibility index (Phi) is 8.28. The molecule has 5 rings (SSSR count). The number of aliphatic hydroxyl groups excluding tert-OH is 2. The largest absolute Gasteiger partial charge is 0.394 e. The Morgan fingerprint density at radius 2 is 1.98 bits per heavy atom. The van der Waals surface area contributed by atoms with Crippen LogP contribution >= 0.6 is 0 Å². The lowest BCUT2D eigenvalue weighted by Crippen LogP contribution is -2.51. The number of hydrogen-bond donors (Lipinski definition) is 3. The molecule has 0 radical (unpaired) electrons. The Morgan fingerprint density at radius 1 is 1.23 bits per heavy atom. The third-order valence-electron chi connectivity index (χ3n) is 8.32. The molecule has 216 valence electrons. The van der Waals surface area contributed by atoms with Crippen molar-refractivity contribution in [2.75, 3.05) is 31.2 Å². The van der Waals surface area contributed by atoms with Crippen LogP contribution in [0.2, 0.25) is 25.7 Å². The molecule has 2 fully saturated rings. The number of halogens is 1. The molecule has 1 aliphatic heterocycles. The van der Waals surface area contributed by atoms with Gasteiger partial charge in [0.1, 0.15) is 36.4 Å². The fraction of sp³-hybridized carbons (Fsp3) is 0.552. The van der Waals surface area contributed by atoms with Gasteiger partial charge in [-0.15, -0.1) is 0 Å². The molecule has 1 saturated heterocycles. The minimum atomic E-state index is -1.15. The third-order valence-corrected chi connectivity index (χ3v) is 10.0. The number of anilines is 1. The van der Waals surface area contributed by atoms with Crippen molar-refractivity contribution in [3.05, 3.63) is 54.2 Å². The second-order valence-corrected chi connectivity index (χ2v) is 18.1. The number of nitrogens with zero attached hydrogens (tertiary/aromatic N) is 4. The zero-order valence-corrected chi connectivity index (χ0v) is 24.5. The van der Waals surface area contributed by atoms with Crippen molar-refractivity contribution >= 4 is 30.8 Å². The quantitative estimate of drug-likeness (QED) is 0.238. The molecule has 9 nitrogen and oxygen atoms in total. The van der Waals surface area contributed by atoms with Crippen LogP contribution in [0.15, 0.2) is 42.9 Å². The molecule has 2 aliphatic rings. The van der Waals surface area contributed by atoms with Gasteiger partial charge in [0.25, 0.3) is 0 Å². The van der Waals surface area contributed by atoms with E-state index in [0.717, 1.165) is 42.3 Å². The maximum atomic E-state index is 13.4. The summed E-state index contributed by atoms with van der Waals surface area (Å²) in [4.78, 5) is 24.8. The molecule has 0 bridgehead atoms. The fourth-order valence-corrected chi connectivity index (χ4v) is 6.46. The van der Waals surface area contributed by atoms with Crippen LogP contribution in [0.4, 0.5) is 10.2 Å². The molecule has 1 aliphatic carbocycles. The van der Waals surface area contributed by atoms with Gasteiger partial charge in [0, 0.05) is 39.9 Å². The molecular formula is C29H40FN5O4Si. The number of rotatable bonds is 11. The first-order chi connectivity index (χ1) is 19.1. The van der Waals surface area contributed by atoms with E-state index in [-0.39, 0.29) is 17.2 Å². The van der Waals surface area contributed by atoms with Crippen LogP contribution in [0.5, 0.6) is 0 Å². The highest BCUT2D eigenvalue weighted by molar-refractivity contribution is 6.76. The van der Waals surface area contributed by atoms with E-state index < -0.39 is 32.6 Å². The monoisotopic (exact) mass is 569 g/mol. The van der Waals surface area contributed by atoms with E-state index in [1.54, 1.807) is 6.33 Å². The van der Waals surface area contributed by atoms with E-state index in [0.29, 0.717) is 31.8 Å². The Hall–Kier alpha value is -2.86. The lowest BCUT2D eigenvalue weighted by Gasteiger charge is -2.40. The van der Waals surface area contributed by atoms with Gasteiger partial charge in [-0.3, -0.25) is 4.79 Å². The molecular weight excluding hydrogens is 529 g/mol. The smallest absolute Gasteiger partial charge is 0.224 e. The first-order valence-corrected chi connectivity index (χ1v) is 17.8. The van der Waals surface area contributed by atoms with Gasteiger partial charge in [0.15, 0.2) is 0 Å². The normalized spacial score (nSPS) is 20.1. The molecule has 1 aromatic carbocycles. The molecule has 2 aromatic heterocycles. The Bertz CT molecular complexity index is 1320. The second-order valence-electron chi connectivity index (χ2n) is 12.5. The molecule has 1 unspecified atom stereocenters. The standard InChI is InChI=1S/C29H40FN5O4Si/c1-40(2,3)15-14-39-19-35-12-8-22-26(31-18-32-27(22)35)34-13-9-23(29(17-34)10-11-29)28(38)33-24(16-36)25(37)20-4-6-21(30)7-5-20/h4-8,12,18,23-25,36-37H,9-11,13-17,19H2,1-3H3,(H,33,38)/t23?,24-,25+/m0/s1. The fourth-order valence-electron chi connectivity index (χ4n) is 5.71. The lowest BCUT2D eigenvalue weighted by atomic mass is 9.81. The highest BCUT2D eigenvalue weighted by Crippen LogP contribution is 2.56. The summed E-state index contributed by atoms with van der Waals surface area (Å²) < 4.78 is 21.3.